The Morgan fingerprint density at radius 1 is 0.490 bits per heavy atom. The Bertz CT molecular complexity index is 3550. The number of carboxylic acid groups (broad SMARTS) is 1. The Kier molecular flexibility index (Phi) is 34.2. The van der Waals surface area contributed by atoms with E-state index in [0.29, 0.717) is 57.8 Å². The number of carbonyl (C=O) groups excluding carboxylic acids is 10. The molecule has 532 valence electrons. The van der Waals surface area contributed by atoms with Crippen molar-refractivity contribution >= 4 is 104 Å². The molecule has 0 aliphatic heterocycles. The summed E-state index contributed by atoms with van der Waals surface area (Å²) in [6.45, 7) is 26.1. The molecule has 0 bridgehead atoms. The number of aliphatic carboxylic acids is 1. The Labute approximate surface area is 581 Å². The number of nitrogens with one attached hydrogen (secondary N) is 4. The first-order valence-electron chi connectivity index (χ1n) is 30.2. The van der Waals surface area contributed by atoms with Crippen molar-refractivity contribution in [1.82, 2.24) is 26.3 Å². The maximum absolute atomic E-state index is 12.2. The minimum absolute atomic E-state index is 0.0783. The summed E-state index contributed by atoms with van der Waals surface area (Å²) in [6, 6.07) is 23.5. The first-order chi connectivity index (χ1) is 45.4. The number of rotatable bonds is 22. The van der Waals surface area contributed by atoms with Gasteiger partial charge in [-0.1, -0.05) is 64.5 Å². The van der Waals surface area contributed by atoms with Gasteiger partial charge in [0.1, 0.15) is 57.5 Å². The van der Waals surface area contributed by atoms with E-state index in [1.807, 2.05) is 17.5 Å². The number of carboxylic acids is 1. The lowest BCUT2D eigenvalue weighted by Crippen LogP contribution is -2.45. The van der Waals surface area contributed by atoms with Crippen LogP contribution in [-0.2, 0) is 78.2 Å². The van der Waals surface area contributed by atoms with E-state index in [1.165, 1.54) is 39.0 Å². The number of benzene rings is 4. The number of nitrogen functional groups attached to an aromatic ring is 1. The first-order valence-corrected chi connectivity index (χ1v) is 32.2. The smallest absolute Gasteiger partial charge is 0.408 e. The van der Waals surface area contributed by atoms with Crippen LogP contribution in [0.2, 0.25) is 0 Å². The molecule has 1 heterocycles. The third kappa shape index (κ3) is 37.9. The van der Waals surface area contributed by atoms with E-state index in [1.54, 1.807) is 168 Å². The lowest BCUT2D eigenvalue weighted by atomic mass is 10.0. The number of alkyl carbamates (subject to hydrolysis) is 4. The summed E-state index contributed by atoms with van der Waals surface area (Å²) in [5.74, 6) is -1.93. The van der Waals surface area contributed by atoms with Crippen LogP contribution in [0.25, 0.3) is 5.53 Å². The van der Waals surface area contributed by atoms with Crippen molar-refractivity contribution in [3.05, 3.63) is 136 Å². The highest BCUT2D eigenvalue weighted by molar-refractivity contribution is 9.09. The molecular weight excluding hydrogens is 1360 g/mol. The molecular formula is C68H87BrN8O20S. The average Bonchev–Trinajstić information content (AvgIpc) is 1.52. The number of anilines is 1. The maximum Gasteiger partial charge on any atom is 0.408 e. The highest BCUT2D eigenvalue weighted by atomic mass is 79.9. The number of nitrogens with zero attached hydrogens (tertiary/aromatic N) is 3. The summed E-state index contributed by atoms with van der Waals surface area (Å²) in [6.07, 6.45) is -0.972. The molecule has 0 spiro atoms. The van der Waals surface area contributed by atoms with Gasteiger partial charge in [-0.15, -0.1) is 11.3 Å². The lowest BCUT2D eigenvalue weighted by molar-refractivity contribution is -0.139. The third-order valence-electron chi connectivity index (χ3n) is 11.5. The predicted molar refractivity (Wildman–Crippen MR) is 365 cm³/mol. The van der Waals surface area contributed by atoms with Gasteiger partial charge in [0.05, 0.1) is 23.1 Å². The van der Waals surface area contributed by atoms with Crippen LogP contribution in [0.1, 0.15) is 145 Å². The van der Waals surface area contributed by atoms with E-state index in [-0.39, 0.29) is 29.9 Å². The number of thiazole rings is 1. The fraction of sp³-hybridized carbons (Fsp3) is 0.426. The molecule has 0 aliphatic carbocycles. The quantitative estimate of drug-likeness (QED) is 0.00713. The van der Waals surface area contributed by atoms with Crippen molar-refractivity contribution in [3.63, 3.8) is 0 Å². The number of hydrogen-bond acceptors (Lipinski definition) is 22. The second-order valence-corrected chi connectivity index (χ2v) is 26.7. The Morgan fingerprint density at radius 2 is 0.776 bits per heavy atom. The molecule has 4 amide bonds. The van der Waals surface area contributed by atoms with Crippen LogP contribution < -0.4 is 45.9 Å². The molecule has 5 rings (SSSR count). The normalized spacial score (nSPS) is 12.1. The number of hydrogen-bond donors (Lipinski definition) is 6. The molecule has 30 heteroatoms. The van der Waals surface area contributed by atoms with Crippen molar-refractivity contribution in [1.29, 1.82) is 0 Å². The molecule has 0 unspecified atom stereocenters. The van der Waals surface area contributed by atoms with Crippen LogP contribution in [0, 0.1) is 0 Å². The summed E-state index contributed by atoms with van der Waals surface area (Å²) in [5.41, 5.74) is 15.4. The fourth-order valence-electron chi connectivity index (χ4n) is 7.78. The topological polar surface area (TPSA) is 405 Å². The molecule has 0 saturated heterocycles. The molecule has 98 heavy (non-hydrogen) atoms. The molecule has 0 fully saturated rings. The van der Waals surface area contributed by atoms with Crippen LogP contribution in [0.3, 0.4) is 0 Å². The third-order valence-corrected chi connectivity index (χ3v) is 12.8. The monoisotopic (exact) mass is 1450 g/mol. The zero-order valence-electron chi connectivity index (χ0n) is 57.6. The number of halogens is 1. The largest absolute Gasteiger partial charge is 0.480 e. The predicted octanol–water partition coefficient (Wildman–Crippen LogP) is 10.5. The van der Waals surface area contributed by atoms with Gasteiger partial charge in [0.15, 0.2) is 10.9 Å². The fourth-order valence-corrected chi connectivity index (χ4v) is 8.79. The molecule has 0 saturated carbocycles. The van der Waals surface area contributed by atoms with Crippen LogP contribution in [0.4, 0.5) is 24.3 Å². The van der Waals surface area contributed by atoms with Gasteiger partial charge in [-0.3, -0.25) is 28.8 Å². The summed E-state index contributed by atoms with van der Waals surface area (Å²) < 4.78 is 40.5. The van der Waals surface area contributed by atoms with Gasteiger partial charge in [-0.2, -0.15) is 4.79 Å². The number of aromatic nitrogens is 1. The number of nitrogens with two attached hydrogens (primary N) is 1. The van der Waals surface area contributed by atoms with E-state index in [4.69, 9.17) is 49.2 Å². The van der Waals surface area contributed by atoms with Crippen molar-refractivity contribution < 1.29 is 101 Å². The van der Waals surface area contributed by atoms with Gasteiger partial charge in [0, 0.05) is 45.9 Å². The molecule has 4 aromatic carbocycles. The Balaban J connectivity index is 0.000000445. The minimum atomic E-state index is -1.17. The molecule has 5 aromatic rings. The minimum Gasteiger partial charge on any atom is -0.480 e. The van der Waals surface area contributed by atoms with Crippen LogP contribution in [0.5, 0.6) is 23.0 Å². The molecule has 7 N–H and O–H groups in total. The van der Waals surface area contributed by atoms with E-state index in [2.05, 4.69) is 47.0 Å². The zero-order valence-corrected chi connectivity index (χ0v) is 60.0. The van der Waals surface area contributed by atoms with Crippen molar-refractivity contribution in [3.8, 4) is 23.0 Å². The SMILES string of the molecule is CC(=O)Oc1ccc(C[C@H](NC(=O)OC(C)(C)C)C(=O)C=[N+]=[N-])cc1.CC(=O)Oc1ccc(C[C@H](NC(=O)OC(C)(C)C)C(=O)CBr)cc1.CC(=O)Oc1ccc(C[C@H](NC(=O)OC(C)(C)C)C(=O)O)cc1.CC(=O)Oc1ccc(C[C@H](NC(=O)OC(C)(C)C)c2csc(N)n2)cc1. The number of ether oxygens (including phenoxy) is 8. The second-order valence-electron chi connectivity index (χ2n) is 25.3. The summed E-state index contributed by atoms with van der Waals surface area (Å²) in [5, 5.41) is 21.8. The van der Waals surface area contributed by atoms with Crippen LogP contribution in [0.15, 0.2) is 102 Å². The Morgan fingerprint density at radius 3 is 1.05 bits per heavy atom. The molecule has 4 atom stereocenters. The lowest BCUT2D eigenvalue weighted by Gasteiger charge is -2.23. The standard InChI is InChI=1S/C18H23N3O4S.C17H22BrNO5.C17H21N3O5.C16H21NO6/c1-11(22)24-13-7-5-12(6-8-13)9-14(15-10-26-16(19)20-15)21-17(23)25-18(2,3)4;1-11(20)23-13-7-5-12(6-8-13)9-14(15(21)10-18)19-16(22)24-17(2,3)4;1-11(21)24-13-7-5-12(6-8-13)9-14(15(22)10-19-18)20-16(23)25-17(2,3)4;1-10(18)22-12-7-5-11(6-8-12)9-13(14(19)20)17-15(21)23-16(2,3)4/h5-8,10,14H,9H2,1-4H3,(H2,19,20)(H,21,23);5-8,14H,9-10H2,1-4H3,(H,19,22);5-8,10,14H,9H2,1-4H3,(H,20,23);5-8,13H,9H2,1-4H3,(H,17,21)(H,19,20)/t3*14-;13-/m0000/s1. The molecule has 1 aromatic heterocycles. The second kappa shape index (κ2) is 39.8. The van der Waals surface area contributed by atoms with Crippen molar-refractivity contribution in [2.24, 2.45) is 0 Å². The van der Waals surface area contributed by atoms with Crippen LogP contribution in [-0.4, -0.2) is 133 Å². The van der Waals surface area contributed by atoms with Crippen molar-refractivity contribution in [2.75, 3.05) is 11.1 Å². The molecule has 0 radical (unpaired) electrons. The number of esters is 4. The number of Topliss-reactive ketones (excluding diaryl/α,β-unsaturated/α-hetero) is 2. The first kappa shape index (κ1) is 84.0. The summed E-state index contributed by atoms with van der Waals surface area (Å²) in [7, 11) is 0. The number of carbonyl (C=O) groups is 11. The van der Waals surface area contributed by atoms with Gasteiger partial charge in [0.2, 0.25) is 0 Å². The molecule has 0 aliphatic rings. The van der Waals surface area contributed by atoms with Gasteiger partial charge >= 0.3 is 60.4 Å². The van der Waals surface area contributed by atoms with E-state index < -0.39 is 101 Å². The van der Waals surface area contributed by atoms with Crippen molar-refractivity contribution in [2.45, 2.75) is 183 Å². The van der Waals surface area contributed by atoms with Gasteiger partial charge < -0.3 is 75.5 Å². The van der Waals surface area contributed by atoms with Crippen LogP contribution >= 0.6 is 27.3 Å². The van der Waals surface area contributed by atoms with E-state index in [0.717, 1.165) is 17.3 Å². The highest BCUT2D eigenvalue weighted by Crippen LogP contribution is 2.25. The van der Waals surface area contributed by atoms with E-state index in [9.17, 15) is 57.8 Å². The van der Waals surface area contributed by atoms with E-state index >= 15 is 0 Å². The Hall–Kier alpha value is -10.1. The molecule has 28 nitrogen and oxygen atoms in total. The number of ketones is 2. The number of alkyl halides is 1. The van der Waals surface area contributed by atoms with Gasteiger partial charge in [-0.05, 0) is 167 Å². The van der Waals surface area contributed by atoms with Gasteiger partial charge in [-0.25, -0.2) is 29.0 Å². The summed E-state index contributed by atoms with van der Waals surface area (Å²) in [4.78, 5) is 134. The highest BCUT2D eigenvalue weighted by Gasteiger charge is 2.29. The average molecular weight is 1450 g/mol. The zero-order chi connectivity index (χ0) is 74.3. The summed E-state index contributed by atoms with van der Waals surface area (Å²) >= 11 is 4.43. The number of amides is 4. The van der Waals surface area contributed by atoms with Gasteiger partial charge in [0.25, 0.3) is 5.78 Å². The maximum atomic E-state index is 12.2.